The van der Waals surface area contributed by atoms with Gasteiger partial charge in [-0.15, -0.1) is 0 Å². The maximum atomic E-state index is 9.60. The highest BCUT2D eigenvalue weighted by molar-refractivity contribution is 6.12. The van der Waals surface area contributed by atoms with E-state index >= 15 is 0 Å². The minimum atomic E-state index is -0.335. The lowest BCUT2D eigenvalue weighted by atomic mass is 9.79. The second kappa shape index (κ2) is 14.0. The van der Waals surface area contributed by atoms with E-state index in [1.165, 1.54) is 60.0 Å². The summed E-state index contributed by atoms with van der Waals surface area (Å²) in [5.41, 5.74) is 12.3. The van der Waals surface area contributed by atoms with E-state index in [9.17, 15) is 5.26 Å². The lowest BCUT2D eigenvalue weighted by molar-refractivity contribution is 0.667. The van der Waals surface area contributed by atoms with Crippen molar-refractivity contribution >= 4 is 82.9 Å². The van der Waals surface area contributed by atoms with Crippen molar-refractivity contribution in [3.63, 3.8) is 0 Å². The molecule has 0 amide bonds. The van der Waals surface area contributed by atoms with E-state index in [1.807, 2.05) is 36.4 Å². The van der Waals surface area contributed by atoms with Crippen molar-refractivity contribution in [3.05, 3.63) is 222 Å². The molecule has 0 heterocycles. The molecule has 0 unspecified atom stereocenters. The first kappa shape index (κ1) is 35.9. The largest absolute Gasteiger partial charge is 0.310 e. The highest BCUT2D eigenvalue weighted by atomic mass is 15.1. The fraction of sp³-hybridized carbons (Fsp3) is 0.0526. The fourth-order valence-electron chi connectivity index (χ4n) is 9.66. The molecule has 10 aromatic rings. The smallest absolute Gasteiger partial charge is 0.187 e. The zero-order valence-electron chi connectivity index (χ0n) is 33.8. The number of benzene rings is 10. The molecular formula is C57H38N4. The van der Waals surface area contributed by atoms with Crippen LogP contribution < -0.4 is 9.80 Å². The van der Waals surface area contributed by atoms with Gasteiger partial charge in [-0.2, -0.15) is 5.26 Å². The Morgan fingerprint density at radius 2 is 0.984 bits per heavy atom. The van der Waals surface area contributed by atoms with Crippen molar-refractivity contribution in [1.82, 2.24) is 0 Å². The molecule has 0 fully saturated rings. The molecule has 0 saturated heterocycles. The van der Waals surface area contributed by atoms with Crippen LogP contribution in [0.5, 0.6) is 0 Å². The van der Waals surface area contributed by atoms with Crippen LogP contribution in [0.25, 0.3) is 59.1 Å². The lowest BCUT2D eigenvalue weighted by Gasteiger charge is -2.30. The molecular weight excluding hydrogens is 741 g/mol. The lowest BCUT2D eigenvalue weighted by Crippen LogP contribution is -2.17. The molecule has 0 saturated carbocycles. The van der Waals surface area contributed by atoms with E-state index in [0.717, 1.165) is 39.5 Å². The van der Waals surface area contributed by atoms with Crippen molar-refractivity contribution in [2.45, 2.75) is 19.3 Å². The number of hydrogen-bond acceptors (Lipinski definition) is 3. The highest BCUT2D eigenvalue weighted by Gasteiger charge is 2.39. The summed E-state index contributed by atoms with van der Waals surface area (Å²) in [7, 11) is 0. The molecule has 286 valence electrons. The van der Waals surface area contributed by atoms with Crippen molar-refractivity contribution in [3.8, 4) is 17.2 Å². The number of nitriles is 1. The molecule has 61 heavy (non-hydrogen) atoms. The van der Waals surface area contributed by atoms with Crippen LogP contribution in [0.4, 0.5) is 39.8 Å². The quantitative estimate of drug-likeness (QED) is 0.158. The first-order valence-electron chi connectivity index (χ1n) is 20.6. The molecule has 0 atom stereocenters. The average molecular weight is 779 g/mol. The second-order valence-corrected chi connectivity index (χ2v) is 16.4. The van der Waals surface area contributed by atoms with Gasteiger partial charge in [0.1, 0.15) is 0 Å². The zero-order chi connectivity index (χ0) is 41.2. The van der Waals surface area contributed by atoms with E-state index in [4.69, 9.17) is 6.57 Å². The van der Waals surface area contributed by atoms with Crippen molar-refractivity contribution in [1.29, 1.82) is 5.26 Å². The van der Waals surface area contributed by atoms with Crippen LogP contribution in [0.15, 0.2) is 194 Å². The Balaban J connectivity index is 1.09. The Morgan fingerprint density at radius 3 is 1.62 bits per heavy atom. The minimum Gasteiger partial charge on any atom is -0.310 e. The summed E-state index contributed by atoms with van der Waals surface area (Å²) in [5.74, 6) is 0. The Kier molecular flexibility index (Phi) is 8.24. The fourth-order valence-corrected chi connectivity index (χ4v) is 9.66. The van der Waals surface area contributed by atoms with Crippen LogP contribution in [0, 0.1) is 17.9 Å². The van der Waals surface area contributed by atoms with Gasteiger partial charge in [-0.1, -0.05) is 129 Å². The second-order valence-electron chi connectivity index (χ2n) is 16.4. The summed E-state index contributed by atoms with van der Waals surface area (Å²) in [6.07, 6.45) is 0. The third-order valence-electron chi connectivity index (χ3n) is 12.6. The SMILES string of the molecule is [C-]#[N+]c1ccc(N(c2ccc3ccccc3c2)c2cc3c(c4ccccc24)-c2ccc4cc(N(c5ccc(C#N)cc5)c5ccc6ccccc6c5)ccc4c2C3(C)C)cc1. The summed E-state index contributed by atoms with van der Waals surface area (Å²) in [6, 6.07) is 71.0. The summed E-state index contributed by atoms with van der Waals surface area (Å²) in [4.78, 5) is 8.34. The molecule has 0 N–H and O–H groups in total. The van der Waals surface area contributed by atoms with E-state index in [2.05, 4.69) is 192 Å². The third-order valence-corrected chi connectivity index (χ3v) is 12.6. The van der Waals surface area contributed by atoms with Crippen LogP contribution in [0.2, 0.25) is 0 Å². The molecule has 4 nitrogen and oxygen atoms in total. The third kappa shape index (κ3) is 5.81. The molecule has 0 aliphatic heterocycles. The van der Waals surface area contributed by atoms with Gasteiger partial charge in [0.25, 0.3) is 0 Å². The standard InChI is InChI=1S/C57H38N4/c1-57(2)53-35-54(61(45-27-21-43(59-3)22-28-45)48-26-19-39-11-5-7-13-41(39)33-48)50-14-8-9-15-51(50)55(53)52-30-20-42-34-47(29-31-49(42)56(52)57)60(44-23-16-37(36-58)17-24-44)46-25-18-38-10-4-6-12-40(38)32-46/h4-35H,1-2H3. The van der Waals surface area contributed by atoms with Crippen molar-refractivity contribution in [2.24, 2.45) is 0 Å². The summed E-state index contributed by atoms with van der Waals surface area (Å²) < 4.78 is 0. The van der Waals surface area contributed by atoms with Crippen LogP contribution in [-0.2, 0) is 5.41 Å². The maximum absolute atomic E-state index is 9.60. The molecule has 4 heteroatoms. The monoisotopic (exact) mass is 778 g/mol. The average Bonchev–Trinajstić information content (AvgIpc) is 3.55. The first-order valence-corrected chi connectivity index (χ1v) is 20.6. The molecule has 11 rings (SSSR count). The van der Waals surface area contributed by atoms with Gasteiger partial charge < -0.3 is 9.80 Å². The van der Waals surface area contributed by atoms with Gasteiger partial charge in [0.15, 0.2) is 5.69 Å². The van der Waals surface area contributed by atoms with E-state index in [-0.39, 0.29) is 5.41 Å². The van der Waals surface area contributed by atoms with Gasteiger partial charge in [-0.05, 0) is 139 Å². The van der Waals surface area contributed by atoms with E-state index in [1.54, 1.807) is 0 Å². The first-order chi connectivity index (χ1) is 29.9. The normalized spacial score (nSPS) is 12.5. The van der Waals surface area contributed by atoms with Crippen molar-refractivity contribution < 1.29 is 0 Å². The van der Waals surface area contributed by atoms with Crippen molar-refractivity contribution in [2.75, 3.05) is 9.80 Å². The maximum Gasteiger partial charge on any atom is 0.187 e. The molecule has 10 aromatic carbocycles. The highest BCUT2D eigenvalue weighted by Crippen LogP contribution is 2.56. The molecule has 0 bridgehead atoms. The molecule has 0 aromatic heterocycles. The Bertz CT molecular complexity index is 3480. The molecule has 1 aliphatic carbocycles. The summed E-state index contributed by atoms with van der Waals surface area (Å²) in [6.45, 7) is 12.4. The van der Waals surface area contributed by atoms with Gasteiger partial charge in [0.05, 0.1) is 23.9 Å². The van der Waals surface area contributed by atoms with Crippen LogP contribution >= 0.6 is 0 Å². The summed E-state index contributed by atoms with van der Waals surface area (Å²) in [5, 5.41) is 19.1. The zero-order valence-corrected chi connectivity index (χ0v) is 33.8. The van der Waals surface area contributed by atoms with Gasteiger partial charge in [0, 0.05) is 39.2 Å². The number of rotatable bonds is 6. The van der Waals surface area contributed by atoms with Gasteiger partial charge >= 0.3 is 0 Å². The number of anilines is 6. The Labute approximate surface area is 355 Å². The minimum absolute atomic E-state index is 0.335. The number of fused-ring (bicyclic) bond motifs is 9. The van der Waals surface area contributed by atoms with Gasteiger partial charge in [-0.25, -0.2) is 4.85 Å². The topological polar surface area (TPSA) is 34.6 Å². The molecule has 0 spiro atoms. The van der Waals surface area contributed by atoms with Gasteiger partial charge in [0.2, 0.25) is 0 Å². The molecule has 1 aliphatic rings. The van der Waals surface area contributed by atoms with E-state index in [0.29, 0.717) is 11.3 Å². The number of nitrogens with zero attached hydrogens (tertiary/aromatic N) is 4. The Hall–Kier alpha value is -8.18. The van der Waals surface area contributed by atoms with Crippen LogP contribution in [0.1, 0.15) is 30.5 Å². The Morgan fingerprint density at radius 1 is 0.475 bits per heavy atom. The number of hydrogen-bond donors (Lipinski definition) is 0. The predicted octanol–water partition coefficient (Wildman–Crippen LogP) is 16.0. The van der Waals surface area contributed by atoms with Crippen LogP contribution in [0.3, 0.4) is 0 Å². The summed E-state index contributed by atoms with van der Waals surface area (Å²) >= 11 is 0. The van der Waals surface area contributed by atoms with E-state index < -0.39 is 0 Å². The molecule has 0 radical (unpaired) electrons. The van der Waals surface area contributed by atoms with Gasteiger partial charge in [-0.3, -0.25) is 0 Å². The predicted molar refractivity (Wildman–Crippen MR) is 254 cm³/mol. The van der Waals surface area contributed by atoms with Crippen LogP contribution in [-0.4, -0.2) is 0 Å².